The molecule has 3 aromatic rings. The minimum absolute atomic E-state index is 0.0507. The van der Waals surface area contributed by atoms with Gasteiger partial charge in [-0.15, -0.1) is 11.8 Å². The first-order chi connectivity index (χ1) is 24.6. The van der Waals surface area contributed by atoms with Crippen LogP contribution in [0.5, 0.6) is 5.75 Å². The van der Waals surface area contributed by atoms with Gasteiger partial charge >= 0.3 is 5.97 Å². The van der Waals surface area contributed by atoms with Crippen molar-refractivity contribution in [1.82, 2.24) is 15.4 Å². The number of aliphatic hydroxyl groups is 1. The minimum Gasteiger partial charge on any atom is -0.484 e. The van der Waals surface area contributed by atoms with Crippen molar-refractivity contribution in [3.05, 3.63) is 95.3 Å². The van der Waals surface area contributed by atoms with E-state index >= 15 is 0 Å². The number of carbonyl (C=O) groups is 4. The molecule has 1 aliphatic rings. The first-order valence-electron chi connectivity index (χ1n) is 16.1. The molecule has 1 aliphatic heterocycles. The van der Waals surface area contributed by atoms with Gasteiger partial charge in [0.05, 0.1) is 31.5 Å². The van der Waals surface area contributed by atoms with Crippen LogP contribution in [0.2, 0.25) is 0 Å². The van der Waals surface area contributed by atoms with Gasteiger partial charge in [-0.25, -0.2) is 22.3 Å². The number of nitrogens with one attached hydrogen (secondary N) is 3. The number of sulfonamides is 1. The first-order valence-corrected chi connectivity index (χ1v) is 19.0. The number of β-lactam (4-membered cyclic amide) rings is 1. The number of nitrogens with zero attached hydrogens (tertiary/aromatic N) is 1. The summed E-state index contributed by atoms with van der Waals surface area (Å²) >= 11 is 1.27. The van der Waals surface area contributed by atoms with E-state index in [1.165, 1.54) is 36.0 Å². The second kappa shape index (κ2) is 18.0. The molecule has 13 nitrogen and oxygen atoms in total. The van der Waals surface area contributed by atoms with Crippen molar-refractivity contribution in [2.45, 2.75) is 37.3 Å². The lowest BCUT2D eigenvalue weighted by atomic mass is 9.92. The van der Waals surface area contributed by atoms with Crippen molar-refractivity contribution in [3.8, 4) is 17.6 Å². The maximum atomic E-state index is 13.6. The summed E-state index contributed by atoms with van der Waals surface area (Å²) < 4.78 is 43.8. The van der Waals surface area contributed by atoms with Crippen LogP contribution in [0.4, 0.5) is 10.1 Å². The van der Waals surface area contributed by atoms with Crippen molar-refractivity contribution in [2.24, 2.45) is 5.92 Å². The molecule has 3 amide bonds. The number of hydrogen-bond acceptors (Lipinski definition) is 9. The van der Waals surface area contributed by atoms with Crippen LogP contribution in [0.15, 0.2) is 72.8 Å². The Morgan fingerprint density at radius 3 is 2.25 bits per heavy atom. The van der Waals surface area contributed by atoms with E-state index in [2.05, 4.69) is 27.2 Å². The van der Waals surface area contributed by atoms with Gasteiger partial charge in [-0.3, -0.25) is 14.4 Å². The molecule has 0 aromatic heterocycles. The lowest BCUT2D eigenvalue weighted by molar-refractivity contribution is -0.143. The van der Waals surface area contributed by atoms with Crippen LogP contribution in [-0.2, 0) is 29.2 Å². The Balaban J connectivity index is 1.42. The van der Waals surface area contributed by atoms with Gasteiger partial charge in [-0.1, -0.05) is 50.0 Å². The van der Waals surface area contributed by atoms with E-state index in [0.29, 0.717) is 22.6 Å². The van der Waals surface area contributed by atoms with Crippen LogP contribution in [0.3, 0.4) is 0 Å². The molecule has 1 fully saturated rings. The Labute approximate surface area is 305 Å². The summed E-state index contributed by atoms with van der Waals surface area (Å²) in [6.07, 6.45) is 0.101. The summed E-state index contributed by atoms with van der Waals surface area (Å²) in [5.41, 5.74) is 2.47. The fourth-order valence-corrected chi connectivity index (χ4v) is 6.74. The molecule has 4 atom stereocenters. The molecule has 0 aliphatic carbocycles. The maximum Gasteiger partial charge on any atom is 0.326 e. The number of aliphatic carboxylic acids is 1. The van der Waals surface area contributed by atoms with Crippen LogP contribution in [0, 0.1) is 23.6 Å². The van der Waals surface area contributed by atoms with Gasteiger partial charge in [-0.05, 0) is 65.6 Å². The van der Waals surface area contributed by atoms with Gasteiger partial charge in [0, 0.05) is 17.0 Å². The van der Waals surface area contributed by atoms with E-state index in [9.17, 15) is 42.2 Å². The molecule has 16 heteroatoms. The lowest BCUT2D eigenvalue weighted by Gasteiger charge is -2.47. The molecule has 0 saturated carbocycles. The summed E-state index contributed by atoms with van der Waals surface area (Å²) in [6.45, 7) is 2.42. The average molecular weight is 755 g/mol. The zero-order chi connectivity index (χ0) is 38.0. The number of ether oxygens (including phenoxy) is 1. The van der Waals surface area contributed by atoms with E-state index in [4.69, 9.17) is 4.74 Å². The Hall–Kier alpha value is -4.95. The van der Waals surface area contributed by atoms with E-state index in [-0.39, 0.29) is 24.1 Å². The SMILES string of the molecule is CC(C)[C@@H](NC(=O)CNC(=O)COc1ccc(C2[C@@H](SC[C@H](O)c3ccc(F)cc3)C(=O)N2c2ccc(C#CCNS(C)(=O)=O)cc2)cc1)C(=O)O. The van der Waals surface area contributed by atoms with Gasteiger partial charge in [-0.2, -0.15) is 0 Å². The van der Waals surface area contributed by atoms with Gasteiger partial charge in [0.2, 0.25) is 21.8 Å². The van der Waals surface area contributed by atoms with Gasteiger partial charge in [0.1, 0.15) is 22.9 Å². The molecule has 1 heterocycles. The third kappa shape index (κ3) is 11.3. The largest absolute Gasteiger partial charge is 0.484 e. The predicted molar refractivity (Wildman–Crippen MR) is 193 cm³/mol. The molecule has 0 spiro atoms. The second-order valence-corrected chi connectivity index (χ2v) is 15.2. The summed E-state index contributed by atoms with van der Waals surface area (Å²) in [6, 6.07) is 17.6. The number of carbonyl (C=O) groups excluding carboxylic acids is 3. The highest BCUT2D eigenvalue weighted by Crippen LogP contribution is 2.46. The van der Waals surface area contributed by atoms with E-state index < -0.39 is 70.2 Å². The van der Waals surface area contributed by atoms with Crippen LogP contribution < -0.4 is 25.0 Å². The van der Waals surface area contributed by atoms with Crippen molar-refractivity contribution in [3.63, 3.8) is 0 Å². The third-order valence-corrected chi connectivity index (χ3v) is 9.82. The molecule has 4 rings (SSSR count). The number of hydrogen-bond donors (Lipinski definition) is 5. The van der Waals surface area contributed by atoms with Gasteiger partial charge in [0.25, 0.3) is 5.91 Å². The first kappa shape index (κ1) is 39.8. The molecule has 5 N–H and O–H groups in total. The Kier molecular flexibility index (Phi) is 13.8. The van der Waals surface area contributed by atoms with Crippen LogP contribution in [-0.4, -0.2) is 85.3 Å². The van der Waals surface area contributed by atoms with Crippen molar-refractivity contribution >= 4 is 51.2 Å². The van der Waals surface area contributed by atoms with E-state index in [1.54, 1.807) is 67.3 Å². The zero-order valence-electron chi connectivity index (χ0n) is 28.5. The number of aliphatic hydroxyl groups excluding tert-OH is 1. The number of thioether (sulfide) groups is 1. The number of anilines is 1. The predicted octanol–water partition coefficient (Wildman–Crippen LogP) is 2.37. The molecule has 276 valence electrons. The molecule has 0 bridgehead atoms. The Morgan fingerprint density at radius 1 is 1.00 bits per heavy atom. The molecular formula is C36H39FN4O9S2. The third-order valence-electron chi connectivity index (χ3n) is 7.82. The van der Waals surface area contributed by atoms with Crippen LogP contribution in [0.1, 0.15) is 42.7 Å². The van der Waals surface area contributed by atoms with Crippen molar-refractivity contribution in [1.29, 1.82) is 0 Å². The van der Waals surface area contributed by atoms with Gasteiger partial charge < -0.3 is 30.5 Å². The molecule has 52 heavy (non-hydrogen) atoms. The smallest absolute Gasteiger partial charge is 0.326 e. The standard InChI is InChI=1S/C36H39FN4O9S2/c1-22(2)32(36(46)47)40-30(43)19-38-31(44)20-50-28-16-10-25(11-17-28)33-34(51-21-29(42)24-8-12-26(37)13-9-24)35(45)41(33)27-14-6-23(7-15-27)5-4-18-39-52(3,48)49/h6-17,22,29,32-34,39,42H,18-21H2,1-3H3,(H,38,44)(H,40,43)(H,46,47)/t29-,32+,33?,34+/m0/s1. The summed E-state index contributed by atoms with van der Waals surface area (Å²) in [4.78, 5) is 50.9. The fourth-order valence-electron chi connectivity index (χ4n) is 5.11. The molecule has 0 radical (unpaired) electrons. The van der Waals surface area contributed by atoms with Crippen LogP contribution >= 0.6 is 11.8 Å². The quantitative estimate of drug-likeness (QED) is 0.107. The number of amides is 3. The summed E-state index contributed by atoms with van der Waals surface area (Å²) in [5.74, 6) is 2.73. The highest BCUT2D eigenvalue weighted by atomic mass is 32.2. The normalized spacial score (nSPS) is 16.6. The monoisotopic (exact) mass is 754 g/mol. The number of benzene rings is 3. The topological polar surface area (TPSA) is 191 Å². The number of carboxylic acid groups (broad SMARTS) is 1. The van der Waals surface area contributed by atoms with E-state index in [0.717, 1.165) is 11.8 Å². The Bertz CT molecular complexity index is 1910. The van der Waals surface area contributed by atoms with E-state index in [1.807, 2.05) is 0 Å². The second-order valence-electron chi connectivity index (χ2n) is 12.2. The lowest BCUT2D eigenvalue weighted by Crippen LogP contribution is -2.57. The number of rotatable bonds is 16. The summed E-state index contributed by atoms with van der Waals surface area (Å²) in [7, 11) is -3.37. The Morgan fingerprint density at radius 2 is 1.65 bits per heavy atom. The number of carboxylic acids is 1. The minimum atomic E-state index is -3.37. The molecule has 3 aromatic carbocycles. The zero-order valence-corrected chi connectivity index (χ0v) is 30.2. The average Bonchev–Trinajstić information content (AvgIpc) is 3.10. The summed E-state index contributed by atoms with van der Waals surface area (Å²) in [5, 5.41) is 24.2. The molecular weight excluding hydrogens is 716 g/mol. The van der Waals surface area contributed by atoms with Crippen molar-refractivity contribution < 1.29 is 46.9 Å². The maximum absolute atomic E-state index is 13.6. The van der Waals surface area contributed by atoms with Gasteiger partial charge in [0.15, 0.2) is 6.61 Å². The highest BCUT2D eigenvalue weighted by Gasteiger charge is 2.49. The van der Waals surface area contributed by atoms with Crippen molar-refractivity contribution in [2.75, 3.05) is 36.6 Å². The highest BCUT2D eigenvalue weighted by molar-refractivity contribution is 8.00. The molecule has 1 unspecified atom stereocenters. The molecule has 1 saturated heterocycles. The fraction of sp³-hybridized carbons (Fsp3) is 0.333. The number of halogens is 1. The van der Waals surface area contributed by atoms with Crippen LogP contribution in [0.25, 0.3) is 0 Å².